The number of rotatable bonds is 7. The number of benzene rings is 1. The number of hydrogen-bond donors (Lipinski definition) is 1. The Morgan fingerprint density at radius 2 is 1.89 bits per heavy atom. The fraction of sp³-hybridized carbons (Fsp3) is 0.500. The van der Waals surface area contributed by atoms with Crippen molar-refractivity contribution in [2.24, 2.45) is 0 Å². The van der Waals surface area contributed by atoms with E-state index in [1.165, 1.54) is 0 Å². The third kappa shape index (κ3) is 5.81. The quantitative estimate of drug-likeness (QED) is 0.840. The van der Waals surface area contributed by atoms with Gasteiger partial charge in [-0.25, -0.2) is 0 Å². The fourth-order valence-corrected chi connectivity index (χ4v) is 2.11. The van der Waals surface area contributed by atoms with Crippen LogP contribution in [0.15, 0.2) is 18.2 Å². The van der Waals surface area contributed by atoms with Crippen molar-refractivity contribution in [2.45, 2.75) is 20.3 Å². The molecule has 0 aliphatic rings. The molecular formula is C14H20Cl2N2O. The van der Waals surface area contributed by atoms with Gasteiger partial charge in [0.1, 0.15) is 0 Å². The van der Waals surface area contributed by atoms with Gasteiger partial charge < -0.3 is 10.2 Å². The van der Waals surface area contributed by atoms with Crippen LogP contribution < -0.4 is 5.32 Å². The van der Waals surface area contributed by atoms with E-state index in [9.17, 15) is 4.79 Å². The van der Waals surface area contributed by atoms with Crippen LogP contribution in [-0.2, 0) is 11.2 Å². The summed E-state index contributed by atoms with van der Waals surface area (Å²) < 4.78 is 0. The molecule has 0 aromatic heterocycles. The number of likely N-dealkylation sites (N-methyl/N-ethyl adjacent to an activating group) is 1. The lowest BCUT2D eigenvalue weighted by Gasteiger charge is -2.17. The van der Waals surface area contributed by atoms with Gasteiger partial charge in [0.2, 0.25) is 5.91 Å². The van der Waals surface area contributed by atoms with Crippen LogP contribution >= 0.6 is 23.2 Å². The van der Waals surface area contributed by atoms with E-state index in [-0.39, 0.29) is 5.91 Å². The van der Waals surface area contributed by atoms with Gasteiger partial charge in [-0.2, -0.15) is 0 Å². The Hall–Kier alpha value is -0.770. The van der Waals surface area contributed by atoms with Crippen LogP contribution in [0.1, 0.15) is 19.4 Å². The number of nitrogens with zero attached hydrogens (tertiary/aromatic N) is 1. The number of nitrogens with one attached hydrogen (secondary N) is 1. The number of amides is 1. The summed E-state index contributed by atoms with van der Waals surface area (Å²) >= 11 is 11.7. The molecule has 1 aromatic carbocycles. The average Bonchev–Trinajstić information content (AvgIpc) is 2.39. The molecule has 19 heavy (non-hydrogen) atoms. The molecule has 1 rings (SSSR count). The van der Waals surface area contributed by atoms with E-state index in [0.29, 0.717) is 23.0 Å². The summed E-state index contributed by atoms with van der Waals surface area (Å²) in [7, 11) is 0. The van der Waals surface area contributed by atoms with Gasteiger partial charge in [-0.1, -0.05) is 43.1 Å². The maximum atomic E-state index is 11.8. The molecule has 1 amide bonds. The van der Waals surface area contributed by atoms with Crippen LogP contribution in [0.5, 0.6) is 0 Å². The topological polar surface area (TPSA) is 32.3 Å². The van der Waals surface area contributed by atoms with Gasteiger partial charge in [0.15, 0.2) is 0 Å². The zero-order chi connectivity index (χ0) is 14.3. The lowest BCUT2D eigenvalue weighted by atomic mass is 10.1. The molecular weight excluding hydrogens is 283 g/mol. The molecule has 1 N–H and O–H groups in total. The van der Waals surface area contributed by atoms with E-state index in [1.807, 2.05) is 6.07 Å². The SMILES string of the molecule is CCN(CC)CCNC(=O)Cc1ccc(Cl)c(Cl)c1. The van der Waals surface area contributed by atoms with Crippen molar-refractivity contribution in [3.63, 3.8) is 0 Å². The highest BCUT2D eigenvalue weighted by Crippen LogP contribution is 2.22. The van der Waals surface area contributed by atoms with Crippen LogP contribution in [0.3, 0.4) is 0 Å². The van der Waals surface area contributed by atoms with Crippen LogP contribution in [0.4, 0.5) is 0 Å². The Bertz CT molecular complexity index is 420. The molecule has 1 aromatic rings. The molecule has 0 saturated carbocycles. The zero-order valence-electron chi connectivity index (χ0n) is 11.4. The third-order valence-electron chi connectivity index (χ3n) is 2.99. The van der Waals surface area contributed by atoms with Gasteiger partial charge in [-0.05, 0) is 30.8 Å². The number of hydrogen-bond acceptors (Lipinski definition) is 2. The first-order valence-electron chi connectivity index (χ1n) is 6.49. The second-order valence-electron chi connectivity index (χ2n) is 4.30. The van der Waals surface area contributed by atoms with E-state index < -0.39 is 0 Å². The molecule has 0 aliphatic heterocycles. The molecule has 0 radical (unpaired) electrons. The average molecular weight is 303 g/mol. The smallest absolute Gasteiger partial charge is 0.224 e. The molecule has 0 aliphatic carbocycles. The molecule has 0 heterocycles. The molecule has 0 spiro atoms. The van der Waals surface area contributed by atoms with Crippen molar-refractivity contribution in [1.29, 1.82) is 0 Å². The number of carbonyl (C=O) groups is 1. The lowest BCUT2D eigenvalue weighted by molar-refractivity contribution is -0.120. The highest BCUT2D eigenvalue weighted by atomic mass is 35.5. The van der Waals surface area contributed by atoms with Crippen LogP contribution in [-0.4, -0.2) is 37.0 Å². The number of halogens is 2. The van der Waals surface area contributed by atoms with Crippen LogP contribution in [0.2, 0.25) is 10.0 Å². The van der Waals surface area contributed by atoms with Crippen molar-refractivity contribution in [3.8, 4) is 0 Å². The van der Waals surface area contributed by atoms with E-state index in [1.54, 1.807) is 12.1 Å². The third-order valence-corrected chi connectivity index (χ3v) is 3.73. The molecule has 0 fully saturated rings. The maximum Gasteiger partial charge on any atom is 0.224 e. The summed E-state index contributed by atoms with van der Waals surface area (Å²) in [6.07, 6.45) is 0.329. The van der Waals surface area contributed by atoms with E-state index in [2.05, 4.69) is 24.1 Å². The summed E-state index contributed by atoms with van der Waals surface area (Å²) in [4.78, 5) is 14.0. The van der Waals surface area contributed by atoms with Gasteiger partial charge in [0, 0.05) is 13.1 Å². The minimum atomic E-state index is 0.00513. The second-order valence-corrected chi connectivity index (χ2v) is 5.12. The molecule has 106 valence electrons. The van der Waals surface area contributed by atoms with Crippen molar-refractivity contribution in [2.75, 3.05) is 26.2 Å². The molecule has 3 nitrogen and oxygen atoms in total. The van der Waals surface area contributed by atoms with Crippen molar-refractivity contribution in [1.82, 2.24) is 10.2 Å². The first-order valence-corrected chi connectivity index (χ1v) is 7.25. The second kappa shape index (κ2) is 8.41. The highest BCUT2D eigenvalue weighted by molar-refractivity contribution is 6.42. The Kier molecular flexibility index (Phi) is 7.21. The Balaban J connectivity index is 2.36. The standard InChI is InChI=1S/C14H20Cl2N2O/c1-3-18(4-2)8-7-17-14(19)10-11-5-6-12(15)13(16)9-11/h5-6,9H,3-4,7-8,10H2,1-2H3,(H,17,19). The summed E-state index contributed by atoms with van der Waals surface area (Å²) in [5.41, 5.74) is 0.870. The van der Waals surface area contributed by atoms with Crippen molar-refractivity contribution in [3.05, 3.63) is 33.8 Å². The van der Waals surface area contributed by atoms with Crippen LogP contribution in [0.25, 0.3) is 0 Å². The van der Waals surface area contributed by atoms with Gasteiger partial charge in [-0.3, -0.25) is 4.79 Å². The zero-order valence-corrected chi connectivity index (χ0v) is 12.9. The Morgan fingerprint density at radius 3 is 2.47 bits per heavy atom. The largest absolute Gasteiger partial charge is 0.355 e. The predicted molar refractivity (Wildman–Crippen MR) is 81.0 cm³/mol. The molecule has 5 heteroatoms. The lowest BCUT2D eigenvalue weighted by Crippen LogP contribution is -2.35. The maximum absolute atomic E-state index is 11.8. The normalized spacial score (nSPS) is 10.8. The minimum absolute atomic E-state index is 0.00513. The monoisotopic (exact) mass is 302 g/mol. The van der Waals surface area contributed by atoms with Gasteiger partial charge in [0.05, 0.1) is 16.5 Å². The minimum Gasteiger partial charge on any atom is -0.355 e. The molecule has 0 unspecified atom stereocenters. The molecule has 0 bridgehead atoms. The first kappa shape index (κ1) is 16.3. The first-order chi connectivity index (χ1) is 9.06. The van der Waals surface area contributed by atoms with Gasteiger partial charge >= 0.3 is 0 Å². The molecule has 0 saturated heterocycles. The fourth-order valence-electron chi connectivity index (χ4n) is 1.79. The Labute approximate surface area is 124 Å². The summed E-state index contributed by atoms with van der Waals surface area (Å²) in [6, 6.07) is 5.26. The summed E-state index contributed by atoms with van der Waals surface area (Å²) in [5.74, 6) is 0.00513. The summed E-state index contributed by atoms with van der Waals surface area (Å²) in [5, 5.41) is 3.90. The van der Waals surface area contributed by atoms with E-state index in [4.69, 9.17) is 23.2 Å². The highest BCUT2D eigenvalue weighted by Gasteiger charge is 2.06. The van der Waals surface area contributed by atoms with Gasteiger partial charge in [0.25, 0.3) is 0 Å². The Morgan fingerprint density at radius 1 is 1.21 bits per heavy atom. The van der Waals surface area contributed by atoms with Crippen molar-refractivity contribution < 1.29 is 4.79 Å². The van der Waals surface area contributed by atoms with Gasteiger partial charge in [-0.15, -0.1) is 0 Å². The number of carbonyl (C=O) groups excluding carboxylic acids is 1. The predicted octanol–water partition coefficient (Wildman–Crippen LogP) is 2.99. The van der Waals surface area contributed by atoms with E-state index in [0.717, 1.165) is 25.2 Å². The van der Waals surface area contributed by atoms with E-state index >= 15 is 0 Å². The van der Waals surface area contributed by atoms with Crippen molar-refractivity contribution >= 4 is 29.1 Å². The summed E-state index contributed by atoms with van der Waals surface area (Å²) in [6.45, 7) is 7.77. The molecule has 0 atom stereocenters. The van der Waals surface area contributed by atoms with Crippen LogP contribution in [0, 0.1) is 0 Å².